The summed E-state index contributed by atoms with van der Waals surface area (Å²) in [6, 6.07) is 27.6. The largest absolute Gasteiger partial charge is 0.352 e. The molecule has 7 nitrogen and oxygen atoms in total. The van der Waals surface area contributed by atoms with Gasteiger partial charge in [0, 0.05) is 39.6 Å². The van der Waals surface area contributed by atoms with E-state index < -0.39 is 28.5 Å². The van der Waals surface area contributed by atoms with Gasteiger partial charge in [-0.15, -0.1) is 0 Å². The second kappa shape index (κ2) is 15.4. The highest BCUT2D eigenvalue weighted by Gasteiger charge is 2.36. The Morgan fingerprint density at radius 2 is 1.37 bits per heavy atom. The summed E-state index contributed by atoms with van der Waals surface area (Å²) in [6.07, 6.45) is 3.94. The predicted molar refractivity (Wildman–Crippen MR) is 184 cm³/mol. The van der Waals surface area contributed by atoms with Crippen molar-refractivity contribution in [2.45, 2.75) is 55.6 Å². The Kier molecular flexibility index (Phi) is 11.3. The van der Waals surface area contributed by atoms with Crippen LogP contribution in [0.1, 0.15) is 36.8 Å². The van der Waals surface area contributed by atoms with Crippen LogP contribution in [0.4, 0.5) is 5.69 Å². The van der Waals surface area contributed by atoms with Crippen LogP contribution in [0.15, 0.2) is 108 Å². The number of halogens is 3. The van der Waals surface area contributed by atoms with Crippen LogP contribution >= 0.6 is 34.8 Å². The molecule has 4 aromatic carbocycles. The molecular weight excluding hydrogens is 665 g/mol. The molecule has 1 N–H and O–H groups in total. The zero-order chi connectivity index (χ0) is 32.7. The molecule has 0 saturated heterocycles. The molecule has 240 valence electrons. The lowest BCUT2D eigenvalue weighted by atomic mass is 10.0. The minimum absolute atomic E-state index is 0.00211. The third-order valence-corrected chi connectivity index (χ3v) is 10.8. The molecule has 0 heterocycles. The van der Waals surface area contributed by atoms with E-state index in [1.54, 1.807) is 48.5 Å². The average molecular weight is 699 g/mol. The molecule has 1 unspecified atom stereocenters. The fraction of sp³-hybridized carbons (Fsp3) is 0.257. The zero-order valence-corrected chi connectivity index (χ0v) is 28.1. The van der Waals surface area contributed by atoms with Crippen LogP contribution < -0.4 is 9.62 Å². The van der Waals surface area contributed by atoms with Crippen LogP contribution in [0, 0.1) is 0 Å². The van der Waals surface area contributed by atoms with Gasteiger partial charge in [-0.2, -0.15) is 0 Å². The van der Waals surface area contributed by atoms with E-state index in [2.05, 4.69) is 5.32 Å². The summed E-state index contributed by atoms with van der Waals surface area (Å²) in [7, 11) is -4.24. The Morgan fingerprint density at radius 3 is 1.98 bits per heavy atom. The van der Waals surface area contributed by atoms with E-state index in [1.807, 2.05) is 30.3 Å². The maximum Gasteiger partial charge on any atom is 0.264 e. The minimum Gasteiger partial charge on any atom is -0.352 e. The average Bonchev–Trinajstić information content (AvgIpc) is 3.56. The van der Waals surface area contributed by atoms with E-state index in [4.69, 9.17) is 34.8 Å². The maximum absolute atomic E-state index is 14.6. The van der Waals surface area contributed by atoms with Gasteiger partial charge in [-0.25, -0.2) is 8.42 Å². The number of amides is 2. The van der Waals surface area contributed by atoms with Crippen LogP contribution in [-0.2, 0) is 32.6 Å². The second-order valence-electron chi connectivity index (χ2n) is 11.2. The molecule has 0 radical (unpaired) electrons. The molecule has 4 aromatic rings. The summed E-state index contributed by atoms with van der Waals surface area (Å²) in [6.45, 7) is -0.699. The fourth-order valence-corrected chi connectivity index (χ4v) is 7.69. The van der Waals surface area contributed by atoms with Gasteiger partial charge in [-0.1, -0.05) is 102 Å². The first kappa shape index (κ1) is 33.8. The number of benzene rings is 4. The van der Waals surface area contributed by atoms with Crippen LogP contribution in [0.3, 0.4) is 0 Å². The number of sulfonamides is 1. The SMILES string of the molecule is O=C(NC1CCCC1)C(Cc1ccccc1)N(Cc1c(Cl)cccc1Cl)C(=O)CN(c1ccccc1)S(=O)(=O)c1ccc(Cl)cc1. The first-order valence-electron chi connectivity index (χ1n) is 15.0. The van der Waals surface area contributed by atoms with Gasteiger partial charge in [0.1, 0.15) is 12.6 Å². The van der Waals surface area contributed by atoms with E-state index in [-0.39, 0.29) is 35.5 Å². The molecule has 46 heavy (non-hydrogen) atoms. The van der Waals surface area contributed by atoms with Gasteiger partial charge in [0.25, 0.3) is 10.0 Å². The lowest BCUT2D eigenvalue weighted by molar-refractivity contribution is -0.140. The third kappa shape index (κ3) is 8.23. The lowest BCUT2D eigenvalue weighted by Gasteiger charge is -2.34. The number of hydrogen-bond acceptors (Lipinski definition) is 4. The molecule has 1 fully saturated rings. The smallest absolute Gasteiger partial charge is 0.264 e. The van der Waals surface area contributed by atoms with Gasteiger partial charge < -0.3 is 10.2 Å². The second-order valence-corrected chi connectivity index (χ2v) is 14.3. The van der Waals surface area contributed by atoms with Crippen LogP contribution in [0.2, 0.25) is 15.1 Å². The summed E-state index contributed by atoms with van der Waals surface area (Å²) in [5.74, 6) is -0.918. The van der Waals surface area contributed by atoms with Gasteiger partial charge in [-0.05, 0) is 66.9 Å². The number of rotatable bonds is 12. The highest BCUT2D eigenvalue weighted by atomic mass is 35.5. The Hall–Kier alpha value is -3.56. The molecule has 5 rings (SSSR count). The molecule has 0 aromatic heterocycles. The van der Waals surface area contributed by atoms with Gasteiger partial charge in [0.15, 0.2) is 0 Å². The summed E-state index contributed by atoms with van der Waals surface area (Å²) < 4.78 is 29.2. The van der Waals surface area contributed by atoms with E-state index in [1.165, 1.54) is 29.2 Å². The van der Waals surface area contributed by atoms with Crippen molar-refractivity contribution in [1.29, 1.82) is 0 Å². The molecule has 0 spiro atoms. The molecule has 2 amide bonds. The topological polar surface area (TPSA) is 86.8 Å². The van der Waals surface area contributed by atoms with E-state index in [0.29, 0.717) is 20.6 Å². The summed E-state index contributed by atoms with van der Waals surface area (Å²) in [4.78, 5) is 30.1. The van der Waals surface area contributed by atoms with Crippen molar-refractivity contribution in [3.05, 3.63) is 129 Å². The van der Waals surface area contributed by atoms with E-state index >= 15 is 0 Å². The van der Waals surface area contributed by atoms with Crippen LogP contribution in [0.25, 0.3) is 0 Å². The molecule has 1 aliphatic rings. The highest BCUT2D eigenvalue weighted by Crippen LogP contribution is 2.29. The van der Waals surface area contributed by atoms with Crippen molar-refractivity contribution in [3.8, 4) is 0 Å². The fourth-order valence-electron chi connectivity index (χ4n) is 5.63. The zero-order valence-electron chi connectivity index (χ0n) is 25.0. The lowest BCUT2D eigenvalue weighted by Crippen LogP contribution is -2.54. The number of para-hydroxylation sites is 1. The molecule has 1 atom stereocenters. The Morgan fingerprint density at radius 1 is 0.783 bits per heavy atom. The van der Waals surface area contributed by atoms with Crippen molar-refractivity contribution >= 4 is 62.3 Å². The monoisotopic (exact) mass is 697 g/mol. The van der Waals surface area contributed by atoms with Gasteiger partial charge in [0.2, 0.25) is 11.8 Å². The molecule has 11 heteroatoms. The normalized spacial score (nSPS) is 14.1. The third-order valence-electron chi connectivity index (χ3n) is 8.09. The summed E-state index contributed by atoms with van der Waals surface area (Å²) in [5.41, 5.74) is 1.58. The van der Waals surface area contributed by atoms with E-state index in [0.717, 1.165) is 35.6 Å². The molecule has 0 bridgehead atoms. The summed E-state index contributed by atoms with van der Waals surface area (Å²) in [5, 5.41) is 4.18. The standard InChI is InChI=1S/C35H34Cl3N3O4S/c36-26-18-20-29(21-19-26)46(44,45)41(28-14-5-2-6-15-28)24-34(42)40(23-30-31(37)16-9-17-32(30)38)33(22-25-10-3-1-4-11-25)35(43)39-27-12-7-8-13-27/h1-6,9-11,14-21,27,33H,7-8,12-13,22-24H2,(H,39,43). The number of nitrogens with zero attached hydrogens (tertiary/aromatic N) is 2. The van der Waals surface area contributed by atoms with Crippen molar-refractivity contribution in [2.75, 3.05) is 10.8 Å². The van der Waals surface area contributed by atoms with Gasteiger partial charge >= 0.3 is 0 Å². The van der Waals surface area contributed by atoms with Crippen molar-refractivity contribution in [3.63, 3.8) is 0 Å². The molecule has 1 aliphatic carbocycles. The van der Waals surface area contributed by atoms with Gasteiger partial charge in [-0.3, -0.25) is 13.9 Å². The Labute approximate surface area is 285 Å². The van der Waals surface area contributed by atoms with Gasteiger partial charge in [0.05, 0.1) is 10.6 Å². The maximum atomic E-state index is 14.6. The number of hydrogen-bond donors (Lipinski definition) is 1. The number of nitrogens with one attached hydrogen (secondary N) is 1. The Bertz CT molecular complexity index is 1730. The van der Waals surface area contributed by atoms with Crippen LogP contribution in [-0.4, -0.2) is 43.8 Å². The number of anilines is 1. The van der Waals surface area contributed by atoms with Crippen LogP contribution in [0.5, 0.6) is 0 Å². The predicted octanol–water partition coefficient (Wildman–Crippen LogP) is 7.54. The highest BCUT2D eigenvalue weighted by molar-refractivity contribution is 7.92. The number of carbonyl (C=O) groups excluding carboxylic acids is 2. The minimum atomic E-state index is -4.24. The van der Waals surface area contributed by atoms with E-state index in [9.17, 15) is 18.0 Å². The molecule has 1 saturated carbocycles. The molecule has 0 aliphatic heterocycles. The summed E-state index contributed by atoms with van der Waals surface area (Å²) >= 11 is 19.2. The van der Waals surface area contributed by atoms with Crippen molar-refractivity contribution in [2.24, 2.45) is 0 Å². The Balaban J connectivity index is 1.58. The first-order valence-corrected chi connectivity index (χ1v) is 17.6. The molecular formula is C35H34Cl3N3O4S. The quantitative estimate of drug-likeness (QED) is 0.166. The number of carbonyl (C=O) groups is 2. The first-order chi connectivity index (χ1) is 22.1. The van der Waals surface area contributed by atoms with Crippen molar-refractivity contribution < 1.29 is 18.0 Å². The van der Waals surface area contributed by atoms with Crippen molar-refractivity contribution in [1.82, 2.24) is 10.2 Å².